The zero-order chi connectivity index (χ0) is 30.1. The van der Waals surface area contributed by atoms with Gasteiger partial charge in [0.2, 0.25) is 0 Å². The SMILES string of the molecule is CCOC(=O)C1=C(C)N=c2s/c(=C\c3ccc(-c4ccc(Br)cc4[N+](=O)[O-])o3)c(=O)n2[C@H]1c1ccc(OC)c(OC)c1. The molecule has 2 aromatic carbocycles. The third-order valence-electron chi connectivity index (χ3n) is 6.56. The van der Waals surface area contributed by atoms with E-state index in [1.165, 1.54) is 24.9 Å². The van der Waals surface area contributed by atoms with Gasteiger partial charge in [-0.15, -0.1) is 0 Å². The monoisotopic (exact) mass is 653 g/mol. The van der Waals surface area contributed by atoms with Crippen molar-refractivity contribution in [1.29, 1.82) is 0 Å². The molecule has 2 aromatic heterocycles. The van der Waals surface area contributed by atoms with Gasteiger partial charge in [-0.05, 0) is 55.8 Å². The number of hydrogen-bond acceptors (Lipinski definition) is 10. The summed E-state index contributed by atoms with van der Waals surface area (Å²) in [7, 11) is 3.02. The van der Waals surface area contributed by atoms with E-state index >= 15 is 0 Å². The summed E-state index contributed by atoms with van der Waals surface area (Å²) < 4.78 is 24.4. The molecule has 1 atom stereocenters. The summed E-state index contributed by atoms with van der Waals surface area (Å²) in [6.07, 6.45) is 1.55. The predicted molar refractivity (Wildman–Crippen MR) is 158 cm³/mol. The zero-order valence-electron chi connectivity index (χ0n) is 22.9. The largest absolute Gasteiger partial charge is 0.493 e. The van der Waals surface area contributed by atoms with Gasteiger partial charge >= 0.3 is 5.97 Å². The lowest BCUT2D eigenvalue weighted by atomic mass is 9.95. The Morgan fingerprint density at radius 2 is 1.93 bits per heavy atom. The molecule has 1 aliphatic heterocycles. The standard InChI is InChI=1S/C29H24BrN3O8S/c1-5-40-28(35)25-15(2)31-29-32(26(25)16-6-10-22(38-3)23(12-16)39-4)27(34)24(42-29)14-18-8-11-21(41-18)19-9-7-17(30)13-20(19)33(36)37/h6-14,26H,5H2,1-4H3/b24-14-/t26-/m0/s1. The van der Waals surface area contributed by atoms with Gasteiger partial charge in [-0.1, -0.05) is 33.3 Å². The van der Waals surface area contributed by atoms with Gasteiger partial charge in [-0.3, -0.25) is 19.5 Å². The lowest BCUT2D eigenvalue weighted by Gasteiger charge is -2.25. The highest BCUT2D eigenvalue weighted by Gasteiger charge is 2.34. The van der Waals surface area contributed by atoms with Gasteiger partial charge in [-0.25, -0.2) is 9.79 Å². The van der Waals surface area contributed by atoms with Crippen molar-refractivity contribution in [2.45, 2.75) is 19.9 Å². The molecule has 0 spiro atoms. The van der Waals surface area contributed by atoms with Crippen LogP contribution in [0.15, 0.2) is 78.5 Å². The second kappa shape index (κ2) is 11.8. The van der Waals surface area contributed by atoms with Crippen LogP contribution in [0.4, 0.5) is 5.69 Å². The van der Waals surface area contributed by atoms with Crippen molar-refractivity contribution in [2.24, 2.45) is 4.99 Å². The summed E-state index contributed by atoms with van der Waals surface area (Å²) in [6.45, 7) is 3.55. The van der Waals surface area contributed by atoms with Crippen molar-refractivity contribution in [3.63, 3.8) is 0 Å². The molecule has 42 heavy (non-hydrogen) atoms. The number of esters is 1. The average molecular weight is 654 g/mol. The smallest absolute Gasteiger partial charge is 0.338 e. The maximum atomic E-state index is 13.9. The highest BCUT2D eigenvalue weighted by atomic mass is 79.9. The molecule has 0 aliphatic carbocycles. The Morgan fingerprint density at radius 1 is 1.17 bits per heavy atom. The van der Waals surface area contributed by atoms with Crippen LogP contribution >= 0.6 is 27.3 Å². The van der Waals surface area contributed by atoms with Crippen molar-refractivity contribution in [3.05, 3.63) is 105 Å². The Bertz CT molecular complexity index is 1940. The van der Waals surface area contributed by atoms with E-state index in [9.17, 15) is 19.7 Å². The normalized spacial score (nSPS) is 14.8. The molecule has 0 unspecified atom stereocenters. The lowest BCUT2D eigenvalue weighted by molar-refractivity contribution is -0.384. The van der Waals surface area contributed by atoms with Gasteiger partial charge in [-0.2, -0.15) is 0 Å². The van der Waals surface area contributed by atoms with Crippen molar-refractivity contribution in [3.8, 4) is 22.8 Å². The van der Waals surface area contributed by atoms with Crippen LogP contribution in [0.1, 0.15) is 31.2 Å². The third-order valence-corrected chi connectivity index (χ3v) is 8.04. The number of nitrogens with zero attached hydrogens (tertiary/aromatic N) is 3. The number of rotatable bonds is 8. The molecule has 11 nitrogen and oxygen atoms in total. The van der Waals surface area contributed by atoms with Crippen LogP contribution in [0.25, 0.3) is 17.4 Å². The molecule has 0 amide bonds. The number of furan rings is 1. The van der Waals surface area contributed by atoms with E-state index in [1.54, 1.807) is 62.4 Å². The zero-order valence-corrected chi connectivity index (χ0v) is 25.3. The summed E-state index contributed by atoms with van der Waals surface area (Å²) in [6, 6.07) is 12.2. The summed E-state index contributed by atoms with van der Waals surface area (Å²) in [5.74, 6) is 0.930. The molecule has 1 aliphatic rings. The summed E-state index contributed by atoms with van der Waals surface area (Å²) in [4.78, 5) is 43.1. The number of ether oxygens (including phenoxy) is 3. The molecule has 3 heterocycles. The fourth-order valence-electron chi connectivity index (χ4n) is 4.70. The Hall–Kier alpha value is -4.49. The third kappa shape index (κ3) is 5.28. The highest BCUT2D eigenvalue weighted by molar-refractivity contribution is 9.10. The van der Waals surface area contributed by atoms with E-state index in [-0.39, 0.29) is 23.6 Å². The van der Waals surface area contributed by atoms with Crippen molar-refractivity contribution in [2.75, 3.05) is 20.8 Å². The number of aromatic nitrogens is 1. The maximum absolute atomic E-state index is 13.9. The highest BCUT2D eigenvalue weighted by Crippen LogP contribution is 2.36. The van der Waals surface area contributed by atoms with Gasteiger partial charge in [0.05, 0.1) is 53.2 Å². The number of allylic oxidation sites excluding steroid dienone is 1. The number of nitro benzene ring substituents is 1. The number of benzene rings is 2. The first kappa shape index (κ1) is 29.0. The van der Waals surface area contributed by atoms with Gasteiger partial charge in [0.1, 0.15) is 11.5 Å². The molecular formula is C29H24BrN3O8S. The molecule has 0 fully saturated rings. The molecule has 5 rings (SSSR count). The van der Waals surface area contributed by atoms with Crippen LogP contribution in [0.2, 0.25) is 0 Å². The Labute approximate surface area is 251 Å². The Morgan fingerprint density at radius 3 is 2.62 bits per heavy atom. The minimum atomic E-state index is -0.847. The second-order valence-corrected chi connectivity index (χ2v) is 11.0. The fraction of sp³-hybridized carbons (Fsp3) is 0.207. The molecule has 216 valence electrons. The van der Waals surface area contributed by atoms with Crippen LogP contribution in [0, 0.1) is 10.1 Å². The van der Waals surface area contributed by atoms with E-state index in [0.29, 0.717) is 47.9 Å². The van der Waals surface area contributed by atoms with Gasteiger partial charge in [0, 0.05) is 16.6 Å². The van der Waals surface area contributed by atoms with Crippen LogP contribution in [0.5, 0.6) is 11.5 Å². The van der Waals surface area contributed by atoms with E-state index in [1.807, 2.05) is 0 Å². The number of hydrogen-bond donors (Lipinski definition) is 0. The number of methoxy groups -OCH3 is 2. The number of nitro groups is 1. The molecule has 0 saturated carbocycles. The average Bonchev–Trinajstić information content (AvgIpc) is 3.55. The van der Waals surface area contributed by atoms with Crippen molar-refractivity contribution < 1.29 is 28.3 Å². The molecule has 13 heteroatoms. The Kier molecular flexibility index (Phi) is 8.14. The molecular weight excluding hydrogens is 630 g/mol. The second-order valence-electron chi connectivity index (χ2n) is 9.04. The van der Waals surface area contributed by atoms with Crippen molar-refractivity contribution in [1.82, 2.24) is 4.57 Å². The first-order valence-corrected chi connectivity index (χ1v) is 14.2. The van der Waals surface area contributed by atoms with Crippen LogP contribution in [-0.4, -0.2) is 36.3 Å². The van der Waals surface area contributed by atoms with E-state index in [0.717, 1.165) is 11.3 Å². The maximum Gasteiger partial charge on any atom is 0.338 e. The number of fused-ring (bicyclic) bond motifs is 1. The summed E-state index contributed by atoms with van der Waals surface area (Å²) in [5, 5.41) is 11.6. The van der Waals surface area contributed by atoms with E-state index in [4.69, 9.17) is 18.6 Å². The number of carbonyl (C=O) groups excluding carboxylic acids is 1. The first-order valence-electron chi connectivity index (χ1n) is 12.6. The summed E-state index contributed by atoms with van der Waals surface area (Å²) >= 11 is 4.38. The first-order chi connectivity index (χ1) is 20.2. The van der Waals surface area contributed by atoms with E-state index in [2.05, 4.69) is 20.9 Å². The Balaban J connectivity index is 1.65. The van der Waals surface area contributed by atoms with Crippen LogP contribution in [0.3, 0.4) is 0 Å². The molecule has 0 saturated heterocycles. The van der Waals surface area contributed by atoms with Gasteiger partial charge in [0.15, 0.2) is 16.3 Å². The topological polar surface area (TPSA) is 135 Å². The number of halogens is 1. The molecule has 0 N–H and O–H groups in total. The van der Waals surface area contributed by atoms with Gasteiger partial charge in [0.25, 0.3) is 11.2 Å². The molecule has 0 radical (unpaired) electrons. The van der Waals surface area contributed by atoms with Crippen molar-refractivity contribution >= 4 is 45.0 Å². The van der Waals surface area contributed by atoms with Gasteiger partial charge < -0.3 is 18.6 Å². The fourth-order valence-corrected chi connectivity index (χ4v) is 6.07. The predicted octanol–water partition coefficient (Wildman–Crippen LogP) is 4.75. The molecule has 4 aromatic rings. The van der Waals surface area contributed by atoms with E-state index < -0.39 is 22.5 Å². The minimum absolute atomic E-state index is 0.124. The number of carbonyl (C=O) groups is 1. The van der Waals surface area contributed by atoms with Crippen LogP contribution in [-0.2, 0) is 9.53 Å². The quantitative estimate of drug-likeness (QED) is 0.151. The molecule has 0 bridgehead atoms. The number of thiazole rings is 1. The summed E-state index contributed by atoms with van der Waals surface area (Å²) in [5.41, 5.74) is 1.02. The minimum Gasteiger partial charge on any atom is -0.493 e. The van der Waals surface area contributed by atoms with Crippen LogP contribution < -0.4 is 24.4 Å². The lowest BCUT2D eigenvalue weighted by Crippen LogP contribution is -2.39.